The number of hydrogen-bond acceptors (Lipinski definition) is 6. The lowest BCUT2D eigenvalue weighted by atomic mass is 10.0. The molecule has 0 aliphatic rings. The minimum atomic E-state index is -1.20. The molecule has 0 saturated carbocycles. The third kappa shape index (κ3) is 13.9. The summed E-state index contributed by atoms with van der Waals surface area (Å²) in [7, 11) is 0. The standard InChI is InChI=1S/C38H49N3O7/c1-2-3-4-5-6-7-8-9-10-11-12-13-14-15-16-17-35(42)40-31-21-18-28(19-22-31)36(43)41-33-25-29(37(44)45)20-23-34(33)48-32-24-30(38(46)47)26-39-27-32/h18-27H,2-17H2,1H3,(H,40,42)(H,41,43)(H,44,45)(H,46,47). The maximum atomic E-state index is 13.1. The van der Waals surface area contributed by atoms with Crippen molar-refractivity contribution in [2.45, 2.75) is 110 Å². The molecule has 0 aliphatic heterocycles. The van der Waals surface area contributed by atoms with E-state index < -0.39 is 17.8 Å². The van der Waals surface area contributed by atoms with Gasteiger partial charge in [-0.25, -0.2) is 9.59 Å². The second-order valence-corrected chi connectivity index (χ2v) is 12.1. The molecule has 2 amide bonds. The molecule has 0 bridgehead atoms. The molecule has 3 rings (SSSR count). The first-order valence-electron chi connectivity index (χ1n) is 17.2. The predicted molar refractivity (Wildman–Crippen MR) is 187 cm³/mol. The van der Waals surface area contributed by atoms with Crippen LogP contribution in [0.5, 0.6) is 11.5 Å². The molecule has 1 aromatic heterocycles. The predicted octanol–water partition coefficient (Wildman–Crippen LogP) is 9.72. The van der Waals surface area contributed by atoms with Gasteiger partial charge in [-0.15, -0.1) is 0 Å². The van der Waals surface area contributed by atoms with E-state index in [9.17, 15) is 29.4 Å². The molecule has 0 spiro atoms. The lowest BCUT2D eigenvalue weighted by molar-refractivity contribution is -0.116. The summed E-state index contributed by atoms with van der Waals surface area (Å²) in [6.07, 6.45) is 21.9. The first-order chi connectivity index (χ1) is 23.3. The third-order valence-corrected chi connectivity index (χ3v) is 8.10. The summed E-state index contributed by atoms with van der Waals surface area (Å²) in [6.45, 7) is 2.25. The molecular formula is C38H49N3O7. The van der Waals surface area contributed by atoms with Gasteiger partial charge in [-0.1, -0.05) is 96.8 Å². The number of nitrogens with zero attached hydrogens (tertiary/aromatic N) is 1. The number of pyridine rings is 1. The number of aromatic nitrogens is 1. The number of carbonyl (C=O) groups excluding carboxylic acids is 2. The van der Waals surface area contributed by atoms with E-state index in [0.717, 1.165) is 19.3 Å². The average Bonchev–Trinajstić information content (AvgIpc) is 3.07. The lowest BCUT2D eigenvalue weighted by Gasteiger charge is -2.14. The van der Waals surface area contributed by atoms with Gasteiger partial charge < -0.3 is 25.6 Å². The van der Waals surface area contributed by atoms with Crippen molar-refractivity contribution in [3.8, 4) is 11.5 Å². The van der Waals surface area contributed by atoms with Gasteiger partial charge in [0.2, 0.25) is 5.91 Å². The molecule has 0 radical (unpaired) electrons. The van der Waals surface area contributed by atoms with Gasteiger partial charge in [0.1, 0.15) is 5.75 Å². The number of unbranched alkanes of at least 4 members (excludes halogenated alkanes) is 14. The van der Waals surface area contributed by atoms with Gasteiger partial charge in [0.25, 0.3) is 5.91 Å². The van der Waals surface area contributed by atoms with Crippen LogP contribution in [0.3, 0.4) is 0 Å². The van der Waals surface area contributed by atoms with Crippen LogP contribution in [0, 0.1) is 0 Å². The maximum Gasteiger partial charge on any atom is 0.337 e. The summed E-state index contributed by atoms with van der Waals surface area (Å²) >= 11 is 0. The number of carbonyl (C=O) groups is 4. The van der Waals surface area contributed by atoms with E-state index in [-0.39, 0.29) is 39.8 Å². The van der Waals surface area contributed by atoms with E-state index >= 15 is 0 Å². The molecule has 2 aromatic carbocycles. The van der Waals surface area contributed by atoms with Crippen molar-refractivity contribution in [3.05, 3.63) is 77.6 Å². The Morgan fingerprint density at radius 1 is 0.625 bits per heavy atom. The Kier molecular flexibility index (Phi) is 16.7. The Labute approximate surface area is 283 Å². The molecule has 0 saturated heterocycles. The molecule has 4 N–H and O–H groups in total. The van der Waals surface area contributed by atoms with E-state index in [1.54, 1.807) is 24.3 Å². The smallest absolute Gasteiger partial charge is 0.337 e. The molecule has 1 heterocycles. The number of nitrogens with one attached hydrogen (secondary N) is 2. The van der Waals surface area contributed by atoms with E-state index in [2.05, 4.69) is 22.5 Å². The fourth-order valence-electron chi connectivity index (χ4n) is 5.35. The Bertz CT molecular complexity index is 1470. The van der Waals surface area contributed by atoms with Crippen molar-refractivity contribution >= 4 is 35.1 Å². The molecule has 48 heavy (non-hydrogen) atoms. The van der Waals surface area contributed by atoms with Crippen molar-refractivity contribution in [2.75, 3.05) is 10.6 Å². The molecule has 0 unspecified atom stereocenters. The van der Waals surface area contributed by atoms with Crippen LogP contribution in [0.1, 0.15) is 141 Å². The first-order valence-corrected chi connectivity index (χ1v) is 17.2. The summed E-state index contributed by atoms with van der Waals surface area (Å²) in [6, 6.07) is 11.6. The minimum absolute atomic E-state index is 0.0708. The van der Waals surface area contributed by atoms with Crippen LogP contribution in [0.4, 0.5) is 11.4 Å². The van der Waals surface area contributed by atoms with E-state index in [0.29, 0.717) is 12.1 Å². The second-order valence-electron chi connectivity index (χ2n) is 12.1. The monoisotopic (exact) mass is 659 g/mol. The van der Waals surface area contributed by atoms with Crippen molar-refractivity contribution in [1.29, 1.82) is 0 Å². The number of anilines is 2. The summed E-state index contributed by atoms with van der Waals surface area (Å²) in [4.78, 5) is 52.2. The van der Waals surface area contributed by atoms with Crippen LogP contribution in [0.15, 0.2) is 60.9 Å². The molecular weight excluding hydrogens is 610 g/mol. The van der Waals surface area contributed by atoms with Crippen LogP contribution in [-0.2, 0) is 4.79 Å². The number of ether oxygens (including phenoxy) is 1. The number of rotatable bonds is 23. The summed E-state index contributed by atoms with van der Waals surface area (Å²) < 4.78 is 5.75. The topological polar surface area (TPSA) is 155 Å². The van der Waals surface area contributed by atoms with Gasteiger partial charge >= 0.3 is 11.9 Å². The molecule has 0 aliphatic carbocycles. The zero-order valence-corrected chi connectivity index (χ0v) is 28.0. The van der Waals surface area contributed by atoms with Crippen molar-refractivity contribution in [1.82, 2.24) is 4.98 Å². The summed E-state index contributed by atoms with van der Waals surface area (Å²) in [5, 5.41) is 24.2. The number of carboxylic acids is 2. The maximum absolute atomic E-state index is 13.1. The van der Waals surface area contributed by atoms with Crippen LogP contribution in [-0.4, -0.2) is 39.0 Å². The zero-order chi connectivity index (χ0) is 34.6. The van der Waals surface area contributed by atoms with Gasteiger partial charge in [0.15, 0.2) is 5.75 Å². The van der Waals surface area contributed by atoms with Crippen LogP contribution in [0.2, 0.25) is 0 Å². The molecule has 0 fully saturated rings. The number of carboxylic acid groups (broad SMARTS) is 2. The van der Waals surface area contributed by atoms with E-state index in [1.165, 1.54) is 114 Å². The Hall–Kier alpha value is -4.73. The van der Waals surface area contributed by atoms with Crippen LogP contribution >= 0.6 is 0 Å². The number of benzene rings is 2. The Balaban J connectivity index is 1.38. The van der Waals surface area contributed by atoms with Crippen LogP contribution in [0.25, 0.3) is 0 Å². The Morgan fingerprint density at radius 2 is 1.17 bits per heavy atom. The lowest BCUT2D eigenvalue weighted by Crippen LogP contribution is -2.14. The molecule has 258 valence electrons. The van der Waals surface area contributed by atoms with Gasteiger partial charge in [-0.05, 0) is 55.0 Å². The zero-order valence-electron chi connectivity index (χ0n) is 28.0. The third-order valence-electron chi connectivity index (χ3n) is 8.10. The quantitative estimate of drug-likeness (QED) is 0.0733. The van der Waals surface area contributed by atoms with Gasteiger partial charge in [-0.2, -0.15) is 0 Å². The molecule has 10 heteroatoms. The average molecular weight is 660 g/mol. The highest BCUT2D eigenvalue weighted by Gasteiger charge is 2.16. The highest BCUT2D eigenvalue weighted by atomic mass is 16.5. The van der Waals surface area contributed by atoms with Crippen molar-refractivity contribution in [3.63, 3.8) is 0 Å². The van der Waals surface area contributed by atoms with Gasteiger partial charge in [0.05, 0.1) is 23.0 Å². The number of hydrogen-bond donors (Lipinski definition) is 4. The van der Waals surface area contributed by atoms with Gasteiger partial charge in [0, 0.05) is 23.9 Å². The fourth-order valence-corrected chi connectivity index (χ4v) is 5.35. The molecule has 0 atom stereocenters. The summed E-state index contributed by atoms with van der Waals surface area (Å²) in [5.41, 5.74) is 0.739. The molecule has 10 nitrogen and oxygen atoms in total. The highest BCUT2D eigenvalue weighted by molar-refractivity contribution is 6.06. The summed E-state index contributed by atoms with van der Waals surface area (Å²) in [5.74, 6) is -2.80. The number of amides is 2. The SMILES string of the molecule is CCCCCCCCCCCCCCCCCC(=O)Nc1ccc(C(=O)Nc2cc(C(=O)O)ccc2Oc2cncc(C(=O)O)c2)cc1. The minimum Gasteiger partial charge on any atom is -0.478 e. The van der Waals surface area contributed by atoms with E-state index in [4.69, 9.17) is 4.74 Å². The highest BCUT2D eigenvalue weighted by Crippen LogP contribution is 2.31. The van der Waals surface area contributed by atoms with Crippen molar-refractivity contribution < 1.29 is 34.1 Å². The first kappa shape index (κ1) is 37.7. The fraction of sp³-hybridized carbons (Fsp3) is 0.447. The second kappa shape index (κ2) is 21.2. The largest absolute Gasteiger partial charge is 0.478 e. The van der Waals surface area contributed by atoms with Gasteiger partial charge in [-0.3, -0.25) is 14.6 Å². The van der Waals surface area contributed by atoms with Crippen LogP contribution < -0.4 is 15.4 Å². The van der Waals surface area contributed by atoms with E-state index in [1.807, 2.05) is 0 Å². The normalized spacial score (nSPS) is 10.8. The van der Waals surface area contributed by atoms with Crippen molar-refractivity contribution in [2.24, 2.45) is 0 Å². The molecule has 3 aromatic rings. The Morgan fingerprint density at radius 3 is 1.73 bits per heavy atom. The number of aromatic carboxylic acids is 2.